The van der Waals surface area contributed by atoms with Gasteiger partial charge in [0.05, 0.1) is 10.9 Å². The van der Waals surface area contributed by atoms with Crippen LogP contribution in [0, 0.1) is 5.92 Å². The summed E-state index contributed by atoms with van der Waals surface area (Å²) in [6.07, 6.45) is 3.47. The van der Waals surface area contributed by atoms with Gasteiger partial charge in [-0.05, 0) is 56.5 Å². The van der Waals surface area contributed by atoms with Gasteiger partial charge in [0.2, 0.25) is 0 Å². The summed E-state index contributed by atoms with van der Waals surface area (Å²) in [6.45, 7) is 3.08. The number of benzene rings is 1. The van der Waals surface area contributed by atoms with Crippen LogP contribution in [0.2, 0.25) is 0 Å². The van der Waals surface area contributed by atoms with Crippen LogP contribution in [0.1, 0.15) is 45.1 Å². The van der Waals surface area contributed by atoms with Crippen LogP contribution in [-0.4, -0.2) is 31.4 Å². The molecule has 0 unspecified atom stereocenters. The molecular weight excluding hydrogens is 316 g/mol. The number of amides is 1. The lowest BCUT2D eigenvalue weighted by Gasteiger charge is -2.22. The molecule has 24 heavy (non-hydrogen) atoms. The summed E-state index contributed by atoms with van der Waals surface area (Å²) in [5.41, 5.74) is 2.53. The van der Waals surface area contributed by atoms with E-state index in [0.717, 1.165) is 35.7 Å². The van der Waals surface area contributed by atoms with E-state index < -0.39 is 0 Å². The number of carbonyl (C=O) groups is 1. The fourth-order valence-corrected chi connectivity index (χ4v) is 4.44. The van der Waals surface area contributed by atoms with Crippen molar-refractivity contribution in [1.29, 1.82) is 0 Å². The van der Waals surface area contributed by atoms with Crippen molar-refractivity contribution in [2.45, 2.75) is 32.2 Å². The van der Waals surface area contributed by atoms with E-state index in [-0.39, 0.29) is 11.9 Å². The van der Waals surface area contributed by atoms with E-state index in [0.29, 0.717) is 0 Å². The molecule has 1 aromatic heterocycles. The highest BCUT2D eigenvalue weighted by Crippen LogP contribution is 2.32. The molecule has 0 saturated heterocycles. The second-order valence-electron chi connectivity index (χ2n) is 7.11. The van der Waals surface area contributed by atoms with E-state index in [2.05, 4.69) is 35.3 Å². The van der Waals surface area contributed by atoms with Crippen molar-refractivity contribution in [3.05, 3.63) is 57.3 Å². The number of hydrogen-bond acceptors (Lipinski definition) is 3. The Labute approximate surface area is 148 Å². The maximum Gasteiger partial charge on any atom is 0.261 e. The Kier molecular flexibility index (Phi) is 5.36. The second-order valence-corrected chi connectivity index (χ2v) is 8.24. The standard InChI is InChI=1S/C20H26N2OS/c1-14-9-10-18-16(11-14)12-19(24-18)20(23)21-17(13-22(2)3)15-7-5-4-6-8-15/h4-8,12,14,17H,9-11,13H2,1-3H3,(H,21,23)/t14-,17-/m1/s1. The number of rotatable bonds is 5. The van der Waals surface area contributed by atoms with Crippen LogP contribution in [0.5, 0.6) is 0 Å². The highest BCUT2D eigenvalue weighted by atomic mass is 32.1. The van der Waals surface area contributed by atoms with Crippen molar-refractivity contribution < 1.29 is 4.79 Å². The number of aryl methyl sites for hydroxylation is 1. The van der Waals surface area contributed by atoms with E-state index in [1.807, 2.05) is 32.3 Å². The maximum atomic E-state index is 12.8. The van der Waals surface area contributed by atoms with Crippen LogP contribution >= 0.6 is 11.3 Å². The summed E-state index contributed by atoms with van der Waals surface area (Å²) in [6, 6.07) is 12.3. The van der Waals surface area contributed by atoms with Crippen LogP contribution in [0.25, 0.3) is 0 Å². The summed E-state index contributed by atoms with van der Waals surface area (Å²) in [5, 5.41) is 3.23. The zero-order chi connectivity index (χ0) is 17.1. The molecule has 1 N–H and O–H groups in total. The van der Waals surface area contributed by atoms with E-state index in [1.165, 1.54) is 16.9 Å². The molecule has 1 amide bonds. The van der Waals surface area contributed by atoms with Gasteiger partial charge in [0.25, 0.3) is 5.91 Å². The van der Waals surface area contributed by atoms with Gasteiger partial charge >= 0.3 is 0 Å². The van der Waals surface area contributed by atoms with Gasteiger partial charge in [0.15, 0.2) is 0 Å². The molecule has 1 aliphatic carbocycles. The lowest BCUT2D eigenvalue weighted by atomic mass is 9.90. The Bertz CT molecular complexity index is 693. The summed E-state index contributed by atoms with van der Waals surface area (Å²) in [5.74, 6) is 0.784. The quantitative estimate of drug-likeness (QED) is 0.893. The van der Waals surface area contributed by atoms with Gasteiger partial charge in [-0.2, -0.15) is 0 Å². The SMILES string of the molecule is C[C@@H]1CCc2sc(C(=O)N[C@H](CN(C)C)c3ccccc3)cc2C1. The lowest BCUT2D eigenvalue weighted by Crippen LogP contribution is -2.35. The molecule has 1 aromatic carbocycles. The molecule has 0 aliphatic heterocycles. The largest absolute Gasteiger partial charge is 0.343 e. The number of nitrogens with one attached hydrogen (secondary N) is 1. The minimum absolute atomic E-state index is 0.00625. The van der Waals surface area contributed by atoms with Gasteiger partial charge in [0.1, 0.15) is 0 Å². The van der Waals surface area contributed by atoms with E-state index >= 15 is 0 Å². The number of fused-ring (bicyclic) bond motifs is 1. The first-order chi connectivity index (χ1) is 11.5. The van der Waals surface area contributed by atoms with Crippen LogP contribution < -0.4 is 5.32 Å². The van der Waals surface area contributed by atoms with E-state index in [4.69, 9.17) is 0 Å². The normalized spacial score (nSPS) is 18.2. The molecule has 3 rings (SSSR count). The van der Waals surface area contributed by atoms with Crippen LogP contribution in [0.3, 0.4) is 0 Å². The Balaban J connectivity index is 1.76. The summed E-state index contributed by atoms with van der Waals surface area (Å²) >= 11 is 1.68. The zero-order valence-corrected chi connectivity index (χ0v) is 15.5. The van der Waals surface area contributed by atoms with Crippen LogP contribution in [-0.2, 0) is 12.8 Å². The molecular formula is C20H26N2OS. The van der Waals surface area contributed by atoms with Crippen molar-refractivity contribution in [3.8, 4) is 0 Å². The number of thiophene rings is 1. The molecule has 2 atom stereocenters. The minimum Gasteiger partial charge on any atom is -0.343 e. The van der Waals surface area contributed by atoms with Gasteiger partial charge in [0, 0.05) is 11.4 Å². The predicted molar refractivity (Wildman–Crippen MR) is 101 cm³/mol. The van der Waals surface area contributed by atoms with Crippen LogP contribution in [0.15, 0.2) is 36.4 Å². The van der Waals surface area contributed by atoms with Gasteiger partial charge in [-0.25, -0.2) is 0 Å². The van der Waals surface area contributed by atoms with Gasteiger partial charge < -0.3 is 10.2 Å². The molecule has 128 valence electrons. The fourth-order valence-electron chi connectivity index (χ4n) is 3.33. The van der Waals surface area contributed by atoms with Crippen molar-refractivity contribution >= 4 is 17.2 Å². The molecule has 1 heterocycles. The lowest BCUT2D eigenvalue weighted by molar-refractivity contribution is 0.0934. The van der Waals surface area contributed by atoms with E-state index in [9.17, 15) is 4.79 Å². The highest BCUT2D eigenvalue weighted by Gasteiger charge is 2.22. The molecule has 0 radical (unpaired) electrons. The van der Waals surface area contributed by atoms with Gasteiger partial charge in [-0.3, -0.25) is 4.79 Å². The number of hydrogen-bond donors (Lipinski definition) is 1. The van der Waals surface area contributed by atoms with Crippen molar-refractivity contribution in [3.63, 3.8) is 0 Å². The Morgan fingerprint density at radius 2 is 2.08 bits per heavy atom. The Morgan fingerprint density at radius 3 is 2.79 bits per heavy atom. The molecule has 3 nitrogen and oxygen atoms in total. The Hall–Kier alpha value is -1.65. The molecule has 0 spiro atoms. The first-order valence-corrected chi connectivity index (χ1v) is 9.46. The minimum atomic E-state index is 0.00625. The van der Waals surface area contributed by atoms with Crippen molar-refractivity contribution in [2.75, 3.05) is 20.6 Å². The van der Waals surface area contributed by atoms with E-state index in [1.54, 1.807) is 11.3 Å². The van der Waals surface area contributed by atoms with Gasteiger partial charge in [-0.15, -0.1) is 11.3 Å². The molecule has 2 aromatic rings. The number of carbonyl (C=O) groups excluding carboxylic acids is 1. The summed E-state index contributed by atoms with van der Waals surface area (Å²) in [7, 11) is 4.07. The number of likely N-dealkylation sites (N-methyl/N-ethyl adjacent to an activating group) is 1. The smallest absolute Gasteiger partial charge is 0.261 e. The van der Waals surface area contributed by atoms with Crippen molar-refractivity contribution in [1.82, 2.24) is 10.2 Å². The third-order valence-electron chi connectivity index (χ3n) is 4.61. The van der Waals surface area contributed by atoms with Gasteiger partial charge in [-0.1, -0.05) is 37.3 Å². The zero-order valence-electron chi connectivity index (χ0n) is 14.7. The average molecular weight is 343 g/mol. The molecule has 0 saturated carbocycles. The first kappa shape index (κ1) is 17.2. The predicted octanol–water partition coefficient (Wildman–Crippen LogP) is 3.91. The fraction of sp³-hybridized carbons (Fsp3) is 0.450. The highest BCUT2D eigenvalue weighted by molar-refractivity contribution is 7.14. The molecule has 1 aliphatic rings. The maximum absolute atomic E-state index is 12.8. The topological polar surface area (TPSA) is 32.3 Å². The Morgan fingerprint density at radius 1 is 1.33 bits per heavy atom. The first-order valence-electron chi connectivity index (χ1n) is 8.65. The second kappa shape index (κ2) is 7.49. The summed E-state index contributed by atoms with van der Waals surface area (Å²) in [4.78, 5) is 17.2. The molecule has 4 heteroatoms. The molecule has 0 fully saturated rings. The summed E-state index contributed by atoms with van der Waals surface area (Å²) < 4.78 is 0. The van der Waals surface area contributed by atoms with Crippen LogP contribution in [0.4, 0.5) is 0 Å². The number of nitrogens with zero attached hydrogens (tertiary/aromatic N) is 1. The van der Waals surface area contributed by atoms with Crippen molar-refractivity contribution in [2.24, 2.45) is 5.92 Å². The third-order valence-corrected chi connectivity index (χ3v) is 5.84. The average Bonchev–Trinajstić information content (AvgIpc) is 2.98. The monoisotopic (exact) mass is 342 g/mol. The third kappa shape index (κ3) is 4.05. The molecule has 0 bridgehead atoms.